The first-order valence-corrected chi connectivity index (χ1v) is 5.72. The first-order valence-electron chi connectivity index (χ1n) is 5.35. The van der Waals surface area contributed by atoms with Gasteiger partial charge in [0.25, 0.3) is 0 Å². The van der Waals surface area contributed by atoms with E-state index in [1.54, 1.807) is 23.1 Å². The Labute approximate surface area is 104 Å². The van der Waals surface area contributed by atoms with Crippen molar-refractivity contribution in [1.29, 1.82) is 0 Å². The van der Waals surface area contributed by atoms with E-state index in [9.17, 15) is 9.59 Å². The van der Waals surface area contributed by atoms with Gasteiger partial charge < -0.3 is 10.6 Å². The van der Waals surface area contributed by atoms with Crippen molar-refractivity contribution in [3.63, 3.8) is 0 Å². The summed E-state index contributed by atoms with van der Waals surface area (Å²) in [5.74, 6) is -0.885. The highest BCUT2D eigenvalue weighted by molar-refractivity contribution is 6.30. The molecule has 2 rings (SSSR count). The average molecular weight is 253 g/mol. The molecule has 0 bridgehead atoms. The second-order valence-corrected chi connectivity index (χ2v) is 4.68. The quantitative estimate of drug-likeness (QED) is 0.867. The van der Waals surface area contributed by atoms with Gasteiger partial charge in [0.1, 0.15) is 0 Å². The van der Waals surface area contributed by atoms with E-state index in [1.165, 1.54) is 0 Å². The van der Waals surface area contributed by atoms with E-state index < -0.39 is 11.8 Å². The zero-order valence-electron chi connectivity index (χ0n) is 9.44. The van der Waals surface area contributed by atoms with E-state index in [-0.39, 0.29) is 12.3 Å². The monoisotopic (exact) mass is 252 g/mol. The van der Waals surface area contributed by atoms with E-state index in [1.807, 2.05) is 6.92 Å². The Morgan fingerprint density at radius 2 is 2.24 bits per heavy atom. The lowest BCUT2D eigenvalue weighted by atomic mass is 10.1. The number of rotatable bonds is 2. The van der Waals surface area contributed by atoms with Crippen molar-refractivity contribution in [1.82, 2.24) is 0 Å². The molecule has 1 aliphatic rings. The Morgan fingerprint density at radius 3 is 2.76 bits per heavy atom. The maximum atomic E-state index is 11.8. The van der Waals surface area contributed by atoms with Crippen LogP contribution in [-0.2, 0) is 9.59 Å². The lowest BCUT2D eigenvalue weighted by Crippen LogP contribution is -2.28. The number of aryl methyl sites for hydroxylation is 1. The third kappa shape index (κ3) is 2.26. The number of carbonyl (C=O) groups excluding carboxylic acids is 2. The fourth-order valence-electron chi connectivity index (χ4n) is 2.05. The van der Waals surface area contributed by atoms with Crippen LogP contribution in [0.1, 0.15) is 12.0 Å². The Balaban J connectivity index is 2.29. The maximum absolute atomic E-state index is 11.8. The van der Waals surface area contributed by atoms with Crippen molar-refractivity contribution in [2.45, 2.75) is 13.3 Å². The van der Waals surface area contributed by atoms with Gasteiger partial charge in [-0.3, -0.25) is 9.59 Å². The van der Waals surface area contributed by atoms with Crippen LogP contribution < -0.4 is 10.6 Å². The summed E-state index contributed by atoms with van der Waals surface area (Å²) in [6, 6.07) is 5.31. The van der Waals surface area contributed by atoms with Crippen LogP contribution in [0.3, 0.4) is 0 Å². The van der Waals surface area contributed by atoms with Crippen LogP contribution in [0, 0.1) is 12.8 Å². The van der Waals surface area contributed by atoms with Gasteiger partial charge in [-0.15, -0.1) is 0 Å². The molecule has 5 heteroatoms. The summed E-state index contributed by atoms with van der Waals surface area (Å²) in [6.45, 7) is 2.24. The Bertz CT molecular complexity index is 487. The second kappa shape index (κ2) is 4.37. The van der Waals surface area contributed by atoms with Crippen molar-refractivity contribution >= 4 is 29.1 Å². The van der Waals surface area contributed by atoms with Crippen LogP contribution in [0.25, 0.3) is 0 Å². The number of amides is 2. The van der Waals surface area contributed by atoms with Gasteiger partial charge in [-0.1, -0.05) is 11.6 Å². The number of anilines is 1. The maximum Gasteiger partial charge on any atom is 0.227 e. The highest BCUT2D eigenvalue weighted by Gasteiger charge is 2.34. The van der Waals surface area contributed by atoms with Gasteiger partial charge in [0, 0.05) is 23.7 Å². The van der Waals surface area contributed by atoms with Gasteiger partial charge in [-0.05, 0) is 30.7 Å². The topological polar surface area (TPSA) is 63.4 Å². The summed E-state index contributed by atoms with van der Waals surface area (Å²) >= 11 is 5.86. The molecule has 1 heterocycles. The van der Waals surface area contributed by atoms with Crippen LogP contribution in [0.2, 0.25) is 5.02 Å². The van der Waals surface area contributed by atoms with Gasteiger partial charge in [0.05, 0.1) is 5.92 Å². The first-order chi connectivity index (χ1) is 7.99. The molecule has 2 N–H and O–H groups in total. The molecular weight excluding hydrogens is 240 g/mol. The zero-order chi connectivity index (χ0) is 12.6. The summed E-state index contributed by atoms with van der Waals surface area (Å²) in [5.41, 5.74) is 6.93. The van der Waals surface area contributed by atoms with E-state index in [0.29, 0.717) is 11.6 Å². The molecule has 1 aromatic carbocycles. The third-order valence-electron chi connectivity index (χ3n) is 2.98. The predicted molar refractivity (Wildman–Crippen MR) is 65.8 cm³/mol. The molecule has 1 atom stereocenters. The smallest absolute Gasteiger partial charge is 0.227 e. The van der Waals surface area contributed by atoms with Gasteiger partial charge in [0.15, 0.2) is 0 Å². The number of benzene rings is 1. The number of hydrogen-bond acceptors (Lipinski definition) is 2. The molecule has 0 saturated carbocycles. The minimum Gasteiger partial charge on any atom is -0.369 e. The molecule has 1 aromatic rings. The summed E-state index contributed by atoms with van der Waals surface area (Å²) in [7, 11) is 0. The molecule has 17 heavy (non-hydrogen) atoms. The molecule has 1 aliphatic heterocycles. The third-order valence-corrected chi connectivity index (χ3v) is 3.21. The number of halogens is 1. The van der Waals surface area contributed by atoms with E-state index in [2.05, 4.69) is 0 Å². The summed E-state index contributed by atoms with van der Waals surface area (Å²) in [4.78, 5) is 24.5. The van der Waals surface area contributed by atoms with Gasteiger partial charge in [0.2, 0.25) is 11.8 Å². The summed E-state index contributed by atoms with van der Waals surface area (Å²) in [6.07, 6.45) is 0.192. The Kier molecular flexibility index (Phi) is 3.07. The van der Waals surface area contributed by atoms with E-state index in [0.717, 1.165) is 11.3 Å². The number of carbonyl (C=O) groups is 2. The number of nitrogens with two attached hydrogens (primary N) is 1. The van der Waals surface area contributed by atoms with E-state index >= 15 is 0 Å². The number of primary amides is 1. The largest absolute Gasteiger partial charge is 0.369 e. The normalized spacial score (nSPS) is 19.8. The van der Waals surface area contributed by atoms with Crippen LogP contribution in [0.5, 0.6) is 0 Å². The number of hydrogen-bond donors (Lipinski definition) is 1. The van der Waals surface area contributed by atoms with Gasteiger partial charge in [-0.25, -0.2) is 0 Å². The van der Waals surface area contributed by atoms with Crippen molar-refractivity contribution in [3.05, 3.63) is 28.8 Å². The van der Waals surface area contributed by atoms with Crippen LogP contribution in [0.4, 0.5) is 5.69 Å². The summed E-state index contributed by atoms with van der Waals surface area (Å²) < 4.78 is 0. The Morgan fingerprint density at radius 1 is 1.53 bits per heavy atom. The Hall–Kier alpha value is -1.55. The minimum atomic E-state index is -0.424. The SMILES string of the molecule is Cc1cc(Cl)ccc1N1CC(C(N)=O)CC1=O. The van der Waals surface area contributed by atoms with Gasteiger partial charge in [-0.2, -0.15) is 0 Å². The van der Waals surface area contributed by atoms with Gasteiger partial charge >= 0.3 is 0 Å². The van der Waals surface area contributed by atoms with Crippen molar-refractivity contribution in [2.24, 2.45) is 11.7 Å². The molecule has 0 radical (unpaired) electrons. The molecule has 0 aromatic heterocycles. The van der Waals surface area contributed by atoms with Crippen molar-refractivity contribution in [2.75, 3.05) is 11.4 Å². The van der Waals surface area contributed by atoms with Crippen LogP contribution in [0.15, 0.2) is 18.2 Å². The van der Waals surface area contributed by atoms with E-state index in [4.69, 9.17) is 17.3 Å². The highest BCUT2D eigenvalue weighted by atomic mass is 35.5. The number of nitrogens with zero attached hydrogens (tertiary/aromatic N) is 1. The fraction of sp³-hybridized carbons (Fsp3) is 0.333. The molecule has 0 aliphatic carbocycles. The van der Waals surface area contributed by atoms with Crippen molar-refractivity contribution in [3.8, 4) is 0 Å². The lowest BCUT2D eigenvalue weighted by Gasteiger charge is -2.18. The summed E-state index contributed by atoms with van der Waals surface area (Å²) in [5, 5.41) is 0.629. The molecule has 1 saturated heterocycles. The lowest BCUT2D eigenvalue weighted by molar-refractivity contribution is -0.123. The minimum absolute atomic E-state index is 0.0702. The molecule has 2 amide bonds. The van der Waals surface area contributed by atoms with Crippen molar-refractivity contribution < 1.29 is 9.59 Å². The molecule has 90 valence electrons. The highest BCUT2D eigenvalue weighted by Crippen LogP contribution is 2.29. The zero-order valence-corrected chi connectivity index (χ0v) is 10.2. The molecule has 0 spiro atoms. The second-order valence-electron chi connectivity index (χ2n) is 4.24. The molecule has 4 nitrogen and oxygen atoms in total. The average Bonchev–Trinajstić information content (AvgIpc) is 2.61. The first kappa shape index (κ1) is 11.9. The van der Waals surface area contributed by atoms with Crippen LogP contribution >= 0.6 is 11.6 Å². The van der Waals surface area contributed by atoms with Crippen LogP contribution in [-0.4, -0.2) is 18.4 Å². The molecular formula is C12H13ClN2O2. The fourth-order valence-corrected chi connectivity index (χ4v) is 2.28. The molecule has 1 unspecified atom stereocenters. The predicted octanol–water partition coefficient (Wildman–Crippen LogP) is 1.49. The standard InChI is InChI=1S/C12H13ClN2O2/c1-7-4-9(13)2-3-10(7)15-6-8(12(14)17)5-11(15)16/h2-4,8H,5-6H2,1H3,(H2,14,17). The molecule has 1 fully saturated rings.